The molecule has 0 spiro atoms. The highest BCUT2D eigenvalue weighted by Crippen LogP contribution is -0.288. The lowest BCUT2D eigenvalue weighted by molar-refractivity contribution is 0.823. The van der Waals surface area contributed by atoms with Crippen LogP contribution < -0.4 is 24.6 Å². The summed E-state index contributed by atoms with van der Waals surface area (Å²) in [6, 6.07) is 0. The number of hydrogen-bond acceptors (Lipinski definition) is 4. The predicted octanol–water partition coefficient (Wildman–Crippen LogP) is -1.00. The number of hydrogen-bond donors (Lipinski definition) is 4. The van der Waals surface area contributed by atoms with E-state index in [2.05, 4.69) is 0 Å². The second kappa shape index (κ2) is 1170. The molecule has 48 valence electrons. The molecule has 0 aromatic carbocycles. The smallest absolute Gasteiger partial charge is 0.344 e. The summed E-state index contributed by atoms with van der Waals surface area (Å²) < 4.78 is 0. The Bertz CT molecular complexity index is 5.51. The summed E-state index contributed by atoms with van der Waals surface area (Å²) in [5.41, 5.74) is 0. The molecule has 0 heterocycles. The van der Waals surface area contributed by atoms with Gasteiger partial charge in [0.2, 0.25) is 0 Å². The second-order valence-corrected chi connectivity index (χ2v) is 0. The largest absolute Gasteiger partial charge is 0.412 e. The van der Waals surface area contributed by atoms with Crippen LogP contribution in [0.5, 0.6) is 0 Å². The van der Waals surface area contributed by atoms with Crippen LogP contribution in [0.2, 0.25) is 0 Å². The minimum absolute atomic E-state index is 0. The van der Waals surface area contributed by atoms with Crippen molar-refractivity contribution in [2.24, 2.45) is 0 Å². The van der Waals surface area contributed by atoms with Crippen LogP contribution in [-0.2, 0) is 0 Å². The van der Waals surface area contributed by atoms with Gasteiger partial charge in [-0.25, -0.2) is 0 Å². The Balaban J connectivity index is 0. The molecule has 0 atom stereocenters. The van der Waals surface area contributed by atoms with Gasteiger partial charge in [0.25, 0.3) is 0 Å². The van der Waals surface area contributed by atoms with E-state index in [4.69, 9.17) is 0 Å². The lowest BCUT2D eigenvalue weighted by atomic mass is 14.0. The average Bonchev–Trinajstić information content (AvgIpc) is 0. The topological polar surface area (TPSA) is 203 Å². The predicted molar refractivity (Wildman–Crippen MR) is 27.3 cm³/mol. The Labute approximate surface area is 36.9 Å². The van der Waals surface area contributed by atoms with Crippen LogP contribution in [0.25, 0.3) is 0 Å². The van der Waals surface area contributed by atoms with E-state index in [0.717, 1.165) is 0 Å². The van der Waals surface area contributed by atoms with Gasteiger partial charge >= 0.3 is 0 Å². The monoisotopic (exact) mass is 104 g/mol. The Morgan fingerprint density at radius 1 is 0.333 bits per heavy atom. The lowest BCUT2D eigenvalue weighted by Crippen LogP contribution is -0.482. The van der Waals surface area contributed by atoms with Crippen molar-refractivity contribution in [3.63, 3.8) is 0 Å². The first kappa shape index (κ1) is 2270. The molecule has 16 N–H and O–H groups in total. The minimum atomic E-state index is 0. The van der Waals surface area contributed by atoms with E-state index in [1.807, 2.05) is 0 Å². The van der Waals surface area contributed by atoms with Crippen LogP contribution >= 0.6 is 0 Å². The Kier molecular flexibility index (Phi) is 441000. The molecule has 6 heavy (non-hydrogen) atoms. The summed E-state index contributed by atoms with van der Waals surface area (Å²) in [6.45, 7) is 0. The third-order valence-corrected chi connectivity index (χ3v) is 0. The molecule has 0 bridgehead atoms. The molecule has 0 amide bonds. The standard InChI is InChI=1S/4H3N.2H2O/h4*1H3;2*1H2. The maximum Gasteiger partial charge on any atom is -0.344 e. The summed E-state index contributed by atoms with van der Waals surface area (Å²) in [7, 11) is 0. The van der Waals surface area contributed by atoms with Crippen molar-refractivity contribution in [2.75, 3.05) is 0 Å². The van der Waals surface area contributed by atoms with E-state index in [1.165, 1.54) is 0 Å². The van der Waals surface area contributed by atoms with Gasteiger partial charge in [0, 0.05) is 0 Å². The van der Waals surface area contributed by atoms with Gasteiger partial charge in [-0.05, 0) is 0 Å². The van der Waals surface area contributed by atoms with Gasteiger partial charge in [-0.15, -0.1) is 0 Å². The van der Waals surface area contributed by atoms with E-state index < -0.39 is 0 Å². The highest BCUT2D eigenvalue weighted by Gasteiger charge is -0.341. The van der Waals surface area contributed by atoms with E-state index >= 15 is 0 Å². The highest BCUT2D eigenvalue weighted by molar-refractivity contribution is 2.14. The Morgan fingerprint density at radius 2 is 0.333 bits per heavy atom. The van der Waals surface area contributed by atoms with Gasteiger partial charge in [0.1, 0.15) is 0 Å². The molecule has 0 aromatic heterocycles. The molecule has 0 rings (SSSR count). The average molecular weight is 104 g/mol. The third kappa shape index (κ3) is 497. The first-order chi connectivity index (χ1) is 0. The van der Waals surface area contributed by atoms with Gasteiger partial charge < -0.3 is 35.6 Å². The normalized spacial score (nSPS) is 0. The summed E-state index contributed by atoms with van der Waals surface area (Å²) in [6.07, 6.45) is 0. The third-order valence-electron chi connectivity index (χ3n) is 0. The summed E-state index contributed by atoms with van der Waals surface area (Å²) in [4.78, 5) is 0. The van der Waals surface area contributed by atoms with Crippen LogP contribution in [0.4, 0.5) is 0 Å². The van der Waals surface area contributed by atoms with Crippen molar-refractivity contribution >= 4 is 0 Å². The molecule has 6 heteroatoms. The van der Waals surface area contributed by atoms with Crippen LogP contribution in [0.15, 0.2) is 0 Å². The van der Waals surface area contributed by atoms with Gasteiger partial charge in [-0.1, -0.05) is 0 Å². The van der Waals surface area contributed by atoms with Gasteiger partial charge in [-0.3, -0.25) is 0 Å². The molecule has 0 saturated carbocycles. The fraction of sp³-hybridized carbons (Fsp3) is 0. The van der Waals surface area contributed by atoms with Crippen LogP contribution in [-0.4, -0.2) is 11.0 Å². The maximum atomic E-state index is 0. The molecule has 0 aromatic rings. The van der Waals surface area contributed by atoms with Gasteiger partial charge in [0.05, 0.1) is 0 Å². The Morgan fingerprint density at radius 3 is 0.333 bits per heavy atom. The van der Waals surface area contributed by atoms with E-state index in [0.29, 0.717) is 0 Å². The van der Waals surface area contributed by atoms with Crippen molar-refractivity contribution in [2.45, 2.75) is 0 Å². The van der Waals surface area contributed by atoms with Crippen LogP contribution in [0, 0.1) is 0 Å². The molecular weight excluding hydrogens is 88.0 g/mol. The highest BCUT2D eigenvalue weighted by atomic mass is 16.0. The summed E-state index contributed by atoms with van der Waals surface area (Å²) in [5.74, 6) is 0. The lowest BCUT2D eigenvalue weighted by Gasteiger charge is -0.413. The zero-order valence-corrected chi connectivity index (χ0v) is 3.83. The first-order valence-corrected chi connectivity index (χ1v) is 0. The van der Waals surface area contributed by atoms with E-state index in [9.17, 15) is 0 Å². The molecule has 6 nitrogen and oxygen atoms in total. The molecule has 0 aliphatic heterocycles. The van der Waals surface area contributed by atoms with Crippen LogP contribution in [0.3, 0.4) is 0 Å². The zero-order valence-electron chi connectivity index (χ0n) is 3.83. The first-order valence-electron chi connectivity index (χ1n) is 0. The van der Waals surface area contributed by atoms with Crippen molar-refractivity contribution in [1.82, 2.24) is 24.6 Å². The molecular formula is H16N4O2. The fourth-order valence-corrected chi connectivity index (χ4v) is 0. The molecule has 0 radical (unpaired) electrons. The van der Waals surface area contributed by atoms with Crippen molar-refractivity contribution in [1.29, 1.82) is 0 Å². The zero-order chi connectivity index (χ0) is 0. The molecule has 0 unspecified atom stereocenters. The Hall–Kier alpha value is -0.240. The van der Waals surface area contributed by atoms with Crippen molar-refractivity contribution < 1.29 is 11.0 Å². The van der Waals surface area contributed by atoms with Crippen LogP contribution in [0.1, 0.15) is 0 Å². The number of rotatable bonds is 0. The van der Waals surface area contributed by atoms with Crippen molar-refractivity contribution in [3.8, 4) is 0 Å². The molecule has 0 saturated heterocycles. The summed E-state index contributed by atoms with van der Waals surface area (Å²) >= 11 is 0. The van der Waals surface area contributed by atoms with Crippen molar-refractivity contribution in [3.05, 3.63) is 0 Å². The minimum Gasteiger partial charge on any atom is -0.412 e. The van der Waals surface area contributed by atoms with Gasteiger partial charge in [-0.2, -0.15) is 0 Å². The fourth-order valence-electron chi connectivity index (χ4n) is 0. The quantitative estimate of drug-likeness (QED) is 0.305. The maximum absolute atomic E-state index is 0. The van der Waals surface area contributed by atoms with E-state index in [1.54, 1.807) is 0 Å². The summed E-state index contributed by atoms with van der Waals surface area (Å²) in [5, 5.41) is 0. The molecule has 0 aliphatic carbocycles. The molecule has 0 aliphatic rings. The second-order valence-electron chi connectivity index (χ2n) is 0. The molecule has 0 fully saturated rings. The SMILES string of the molecule is N.N.N.N.O.O. The van der Waals surface area contributed by atoms with Gasteiger partial charge in [0.15, 0.2) is 0 Å². The van der Waals surface area contributed by atoms with E-state index in [-0.39, 0.29) is 35.6 Å².